The maximum absolute atomic E-state index is 6.83. The lowest BCUT2D eigenvalue weighted by atomic mass is 9.84. The van der Waals surface area contributed by atoms with Gasteiger partial charge in [0, 0.05) is 40.4 Å². The van der Waals surface area contributed by atoms with Gasteiger partial charge in [0.15, 0.2) is 0 Å². The van der Waals surface area contributed by atoms with Crippen molar-refractivity contribution < 1.29 is 4.74 Å². The summed E-state index contributed by atoms with van der Waals surface area (Å²) in [6, 6.07) is 61.6. The molecular weight excluding hydrogens is 793 g/mol. The number of anilines is 4. The number of para-hydroxylation sites is 2. The molecule has 0 N–H and O–H groups in total. The highest BCUT2D eigenvalue weighted by atomic mass is 16.5. The zero-order valence-corrected chi connectivity index (χ0v) is 39.1. The molecule has 0 unspecified atom stereocenters. The number of pyridine rings is 1. The zero-order valence-electron chi connectivity index (χ0n) is 39.1. The number of aromatic nitrogens is 2. The highest BCUT2D eigenvalue weighted by Gasteiger charge is 2.31. The number of fused-ring (bicyclic) bond motifs is 4. The van der Waals surface area contributed by atoms with E-state index in [0.29, 0.717) is 6.67 Å². The third kappa shape index (κ3) is 7.94. The predicted molar refractivity (Wildman–Crippen MR) is 274 cm³/mol. The van der Waals surface area contributed by atoms with Gasteiger partial charge in [-0.05, 0) is 116 Å². The van der Waals surface area contributed by atoms with Crippen LogP contribution in [0.5, 0.6) is 11.5 Å². The van der Waals surface area contributed by atoms with Crippen molar-refractivity contribution in [3.63, 3.8) is 0 Å². The standard InChI is InChI=1S/C60H58N4O/c1-58(2,3)43-25-22-41(23-26-43)49-29-27-44(59(4,5)6)35-55(49)63-39-62(53-20-13-14-21-54(53)63)46-18-15-19-47(37-46)65-48-28-30-50-51-34-42(40-16-11-10-12-17-40)24-31-52(51)64(56(50)38-48)57-36-45(32-33-61-57)60(7,8)9/h10-38H,39H2,1-9H3. The van der Waals surface area contributed by atoms with Crippen LogP contribution in [0.1, 0.15) is 79.0 Å². The summed E-state index contributed by atoms with van der Waals surface area (Å²) in [6.45, 7) is 21.1. The van der Waals surface area contributed by atoms with Gasteiger partial charge in [-0.2, -0.15) is 0 Å². The third-order valence-electron chi connectivity index (χ3n) is 13.0. The van der Waals surface area contributed by atoms with Crippen LogP contribution < -0.4 is 14.5 Å². The van der Waals surface area contributed by atoms with Crippen molar-refractivity contribution >= 4 is 44.6 Å². The number of benzene rings is 7. The average molecular weight is 851 g/mol. The molecule has 0 fully saturated rings. The Labute approximate surface area is 384 Å². The van der Waals surface area contributed by atoms with Crippen LogP contribution in [0, 0.1) is 0 Å². The first-order chi connectivity index (χ1) is 31.1. The second kappa shape index (κ2) is 15.8. The molecule has 0 bridgehead atoms. The van der Waals surface area contributed by atoms with E-state index in [1.165, 1.54) is 55.7 Å². The van der Waals surface area contributed by atoms with Gasteiger partial charge in [0.25, 0.3) is 0 Å². The number of rotatable bonds is 7. The maximum atomic E-state index is 6.83. The monoisotopic (exact) mass is 850 g/mol. The van der Waals surface area contributed by atoms with Gasteiger partial charge in [0.2, 0.25) is 0 Å². The largest absolute Gasteiger partial charge is 0.457 e. The Bertz CT molecular complexity index is 3210. The van der Waals surface area contributed by atoms with Crippen molar-refractivity contribution in [1.82, 2.24) is 9.55 Å². The van der Waals surface area contributed by atoms with E-state index in [-0.39, 0.29) is 16.2 Å². The molecule has 1 aliphatic rings. The SMILES string of the molecule is CC(C)(C)c1ccc(-c2ccc(C(C)(C)C)cc2N2CN(c3cccc(Oc4ccc5c6cc(-c7ccccc7)ccc6n(-c6cc(C(C)(C)C)ccn6)c5c4)c3)c3ccccc32)cc1. The first-order valence-electron chi connectivity index (χ1n) is 22.9. The summed E-state index contributed by atoms with van der Waals surface area (Å²) in [5.74, 6) is 2.42. The summed E-state index contributed by atoms with van der Waals surface area (Å²) >= 11 is 0. The van der Waals surface area contributed by atoms with Gasteiger partial charge in [-0.1, -0.05) is 153 Å². The van der Waals surface area contributed by atoms with Gasteiger partial charge in [-0.15, -0.1) is 0 Å². The van der Waals surface area contributed by atoms with Crippen molar-refractivity contribution in [2.24, 2.45) is 0 Å². The maximum Gasteiger partial charge on any atom is 0.137 e. The molecule has 0 amide bonds. The summed E-state index contributed by atoms with van der Waals surface area (Å²) in [5, 5.41) is 2.32. The first kappa shape index (κ1) is 41.9. The van der Waals surface area contributed by atoms with E-state index in [1.54, 1.807) is 0 Å². The number of hydrogen-bond acceptors (Lipinski definition) is 4. The minimum absolute atomic E-state index is 0.0105. The van der Waals surface area contributed by atoms with Gasteiger partial charge in [-0.3, -0.25) is 4.57 Å². The Hall–Kier alpha value is -7.11. The highest BCUT2D eigenvalue weighted by Crippen LogP contribution is 2.48. The lowest BCUT2D eigenvalue weighted by molar-refractivity contribution is 0.483. The molecule has 0 saturated carbocycles. The molecule has 9 aromatic rings. The van der Waals surface area contributed by atoms with E-state index >= 15 is 0 Å². The molecule has 2 aromatic heterocycles. The topological polar surface area (TPSA) is 33.5 Å². The smallest absolute Gasteiger partial charge is 0.137 e. The molecule has 0 saturated heterocycles. The third-order valence-corrected chi connectivity index (χ3v) is 13.0. The summed E-state index contributed by atoms with van der Waals surface area (Å²) in [5.41, 5.74) is 15.5. The van der Waals surface area contributed by atoms with E-state index in [0.717, 1.165) is 45.1 Å². The van der Waals surface area contributed by atoms with E-state index in [1.807, 2.05) is 6.20 Å². The molecule has 1 aliphatic heterocycles. The van der Waals surface area contributed by atoms with Crippen molar-refractivity contribution in [2.75, 3.05) is 16.5 Å². The van der Waals surface area contributed by atoms with Gasteiger partial charge in [-0.25, -0.2) is 4.98 Å². The van der Waals surface area contributed by atoms with Crippen LogP contribution in [-0.4, -0.2) is 16.2 Å². The number of hydrogen-bond donors (Lipinski definition) is 0. The van der Waals surface area contributed by atoms with Gasteiger partial charge in [0.05, 0.1) is 28.1 Å². The van der Waals surface area contributed by atoms with Crippen LogP contribution >= 0.6 is 0 Å². The van der Waals surface area contributed by atoms with E-state index < -0.39 is 0 Å². The van der Waals surface area contributed by atoms with Crippen LogP contribution in [0.2, 0.25) is 0 Å². The van der Waals surface area contributed by atoms with Gasteiger partial charge >= 0.3 is 0 Å². The quantitative estimate of drug-likeness (QED) is 0.160. The average Bonchev–Trinajstić information content (AvgIpc) is 3.84. The van der Waals surface area contributed by atoms with Crippen LogP contribution in [0.25, 0.3) is 49.9 Å². The summed E-state index contributed by atoms with van der Waals surface area (Å²) in [6.07, 6.45) is 1.93. The minimum Gasteiger partial charge on any atom is -0.457 e. The van der Waals surface area contributed by atoms with Crippen LogP contribution in [0.15, 0.2) is 176 Å². The van der Waals surface area contributed by atoms with Gasteiger partial charge < -0.3 is 14.5 Å². The second-order valence-corrected chi connectivity index (χ2v) is 20.7. The number of ether oxygens (including phenoxy) is 1. The van der Waals surface area contributed by atoms with Crippen LogP contribution in [-0.2, 0) is 16.2 Å². The normalized spacial score (nSPS) is 13.2. The summed E-state index contributed by atoms with van der Waals surface area (Å²) in [4.78, 5) is 9.83. The van der Waals surface area contributed by atoms with Crippen molar-refractivity contribution in [2.45, 2.75) is 78.6 Å². The Balaban J connectivity index is 1.02. The minimum atomic E-state index is -0.0276. The van der Waals surface area contributed by atoms with Crippen LogP contribution in [0.4, 0.5) is 22.7 Å². The molecule has 65 heavy (non-hydrogen) atoms. The Morgan fingerprint density at radius 2 is 1.08 bits per heavy atom. The molecule has 0 spiro atoms. The molecule has 7 aromatic carbocycles. The molecule has 324 valence electrons. The molecule has 5 nitrogen and oxygen atoms in total. The second-order valence-electron chi connectivity index (χ2n) is 20.7. The number of nitrogens with zero attached hydrogens (tertiary/aromatic N) is 4. The van der Waals surface area contributed by atoms with Gasteiger partial charge in [0.1, 0.15) is 24.0 Å². The Morgan fingerprint density at radius 3 is 1.80 bits per heavy atom. The lowest BCUT2D eigenvalue weighted by Gasteiger charge is -2.28. The molecule has 5 heteroatoms. The van der Waals surface area contributed by atoms with Crippen molar-refractivity contribution in [1.29, 1.82) is 0 Å². The van der Waals surface area contributed by atoms with Crippen LogP contribution in [0.3, 0.4) is 0 Å². The lowest BCUT2D eigenvalue weighted by Crippen LogP contribution is -2.25. The Morgan fingerprint density at radius 1 is 0.431 bits per heavy atom. The zero-order chi connectivity index (χ0) is 45.3. The summed E-state index contributed by atoms with van der Waals surface area (Å²) < 4.78 is 9.12. The molecule has 0 atom stereocenters. The molecular formula is C60H58N4O. The van der Waals surface area contributed by atoms with E-state index in [4.69, 9.17) is 9.72 Å². The van der Waals surface area contributed by atoms with Crippen molar-refractivity contribution in [3.05, 3.63) is 193 Å². The fraction of sp³-hybridized carbons (Fsp3) is 0.217. The molecule has 3 heterocycles. The highest BCUT2D eigenvalue weighted by molar-refractivity contribution is 6.10. The fourth-order valence-electron chi connectivity index (χ4n) is 9.24. The van der Waals surface area contributed by atoms with E-state index in [9.17, 15) is 0 Å². The predicted octanol–water partition coefficient (Wildman–Crippen LogP) is 16.4. The summed E-state index contributed by atoms with van der Waals surface area (Å²) in [7, 11) is 0. The molecule has 0 radical (unpaired) electrons. The van der Waals surface area contributed by atoms with Crippen molar-refractivity contribution in [3.8, 4) is 39.6 Å². The molecule has 0 aliphatic carbocycles. The first-order valence-corrected chi connectivity index (χ1v) is 22.9. The fourth-order valence-corrected chi connectivity index (χ4v) is 9.24. The molecule has 10 rings (SSSR count). The van der Waals surface area contributed by atoms with E-state index in [2.05, 4.69) is 247 Å². The Kier molecular flexibility index (Phi) is 10.2.